The molecule has 1 saturated carbocycles. The van der Waals surface area contributed by atoms with Crippen LogP contribution in [0.25, 0.3) is 0 Å². The molecule has 4 nitrogen and oxygen atoms in total. The highest BCUT2D eigenvalue weighted by atomic mass is 16.5. The molecule has 0 saturated heterocycles. The first-order valence-electron chi connectivity index (χ1n) is 15.9. The van der Waals surface area contributed by atoms with Crippen molar-refractivity contribution in [3.05, 3.63) is 12.2 Å². The maximum Gasteiger partial charge on any atom is 0.305 e. The third-order valence-corrected chi connectivity index (χ3v) is 7.56. The summed E-state index contributed by atoms with van der Waals surface area (Å²) in [6, 6.07) is 0.523. The van der Waals surface area contributed by atoms with Crippen molar-refractivity contribution in [1.82, 2.24) is 5.32 Å². The Kier molecular flexibility index (Phi) is 23.7. The molecule has 0 spiro atoms. The number of hydrogen-bond donors (Lipinski definition) is 2. The third-order valence-electron chi connectivity index (χ3n) is 7.56. The molecule has 0 aromatic heterocycles. The lowest BCUT2D eigenvalue weighted by molar-refractivity contribution is -0.143. The van der Waals surface area contributed by atoms with Gasteiger partial charge in [0.25, 0.3) is 0 Å². The van der Waals surface area contributed by atoms with Crippen LogP contribution >= 0.6 is 0 Å². The Bertz CT molecular complexity index is 508. The van der Waals surface area contributed by atoms with E-state index in [4.69, 9.17) is 4.74 Å². The minimum Gasteiger partial charge on any atom is -0.466 e. The lowest BCUT2D eigenvalue weighted by Crippen LogP contribution is -2.36. The zero-order chi connectivity index (χ0) is 25.9. The van der Waals surface area contributed by atoms with Crippen molar-refractivity contribution >= 4 is 5.97 Å². The molecular formula is C32H61NO3. The summed E-state index contributed by atoms with van der Waals surface area (Å²) in [6.07, 6.45) is 33.3. The molecule has 0 amide bonds. The van der Waals surface area contributed by atoms with E-state index < -0.39 is 0 Å². The largest absolute Gasteiger partial charge is 0.466 e. The van der Waals surface area contributed by atoms with Gasteiger partial charge in [-0.1, -0.05) is 96.1 Å². The minimum absolute atomic E-state index is 0.00784. The van der Waals surface area contributed by atoms with Gasteiger partial charge in [0.05, 0.1) is 12.7 Å². The molecule has 1 fully saturated rings. The van der Waals surface area contributed by atoms with Crippen LogP contribution in [-0.4, -0.2) is 36.4 Å². The average Bonchev–Trinajstić information content (AvgIpc) is 2.87. The Labute approximate surface area is 224 Å². The van der Waals surface area contributed by atoms with Crippen molar-refractivity contribution in [3.63, 3.8) is 0 Å². The number of hydrogen-bond acceptors (Lipinski definition) is 4. The highest BCUT2D eigenvalue weighted by molar-refractivity contribution is 5.69. The lowest BCUT2D eigenvalue weighted by atomic mass is 9.93. The van der Waals surface area contributed by atoms with Crippen LogP contribution in [0.4, 0.5) is 0 Å². The molecule has 0 aromatic carbocycles. The SMILES string of the molecule is CCCCCCCC/C=C\CCCCCCCC(=O)OCCCCCCCCNC1CCCC(O)C1. The van der Waals surface area contributed by atoms with Crippen LogP contribution in [0.3, 0.4) is 0 Å². The molecule has 1 rings (SSSR count). The van der Waals surface area contributed by atoms with Gasteiger partial charge in [-0.15, -0.1) is 0 Å². The molecule has 36 heavy (non-hydrogen) atoms. The summed E-state index contributed by atoms with van der Waals surface area (Å²) in [6.45, 7) is 3.94. The molecule has 1 aliphatic carbocycles. The number of aliphatic hydroxyl groups is 1. The van der Waals surface area contributed by atoms with Gasteiger partial charge in [-0.2, -0.15) is 0 Å². The Balaban J connectivity index is 1.73. The number of rotatable bonds is 25. The zero-order valence-corrected chi connectivity index (χ0v) is 24.0. The van der Waals surface area contributed by atoms with E-state index in [0.29, 0.717) is 19.1 Å². The van der Waals surface area contributed by atoms with E-state index >= 15 is 0 Å². The van der Waals surface area contributed by atoms with Crippen LogP contribution < -0.4 is 5.32 Å². The first-order valence-corrected chi connectivity index (χ1v) is 15.9. The van der Waals surface area contributed by atoms with Gasteiger partial charge in [-0.25, -0.2) is 0 Å². The first kappa shape index (κ1) is 33.2. The van der Waals surface area contributed by atoms with E-state index in [0.717, 1.165) is 51.5 Å². The second-order valence-corrected chi connectivity index (χ2v) is 11.1. The van der Waals surface area contributed by atoms with Crippen molar-refractivity contribution in [2.75, 3.05) is 13.2 Å². The smallest absolute Gasteiger partial charge is 0.305 e. The zero-order valence-electron chi connectivity index (χ0n) is 24.0. The second-order valence-electron chi connectivity index (χ2n) is 11.1. The van der Waals surface area contributed by atoms with Crippen LogP contribution in [0.15, 0.2) is 12.2 Å². The molecule has 2 N–H and O–H groups in total. The quantitative estimate of drug-likeness (QED) is 0.0736. The molecule has 0 radical (unpaired) electrons. The normalized spacial score (nSPS) is 18.2. The maximum atomic E-state index is 11.9. The number of nitrogens with one attached hydrogen (secondary N) is 1. The fourth-order valence-electron chi connectivity index (χ4n) is 5.19. The molecule has 212 valence electrons. The van der Waals surface area contributed by atoms with Crippen molar-refractivity contribution < 1.29 is 14.6 Å². The summed E-state index contributed by atoms with van der Waals surface area (Å²) in [5, 5.41) is 13.3. The molecule has 0 bridgehead atoms. The van der Waals surface area contributed by atoms with E-state index in [2.05, 4.69) is 24.4 Å². The van der Waals surface area contributed by atoms with Gasteiger partial charge in [0.2, 0.25) is 0 Å². The van der Waals surface area contributed by atoms with E-state index in [1.807, 2.05) is 0 Å². The van der Waals surface area contributed by atoms with Gasteiger partial charge < -0.3 is 15.2 Å². The highest BCUT2D eigenvalue weighted by Gasteiger charge is 2.18. The molecular weight excluding hydrogens is 446 g/mol. The van der Waals surface area contributed by atoms with E-state index in [-0.39, 0.29) is 12.1 Å². The highest BCUT2D eigenvalue weighted by Crippen LogP contribution is 2.18. The number of aliphatic hydroxyl groups excluding tert-OH is 1. The van der Waals surface area contributed by atoms with Crippen LogP contribution in [0.1, 0.15) is 161 Å². The summed E-state index contributed by atoms with van der Waals surface area (Å²) in [4.78, 5) is 11.9. The van der Waals surface area contributed by atoms with Crippen molar-refractivity contribution in [1.29, 1.82) is 0 Å². The minimum atomic E-state index is -0.0905. The summed E-state index contributed by atoms with van der Waals surface area (Å²) < 4.78 is 5.40. The van der Waals surface area contributed by atoms with Gasteiger partial charge in [-0.3, -0.25) is 4.79 Å². The van der Waals surface area contributed by atoms with Gasteiger partial charge >= 0.3 is 5.97 Å². The lowest BCUT2D eigenvalue weighted by Gasteiger charge is -2.26. The van der Waals surface area contributed by atoms with Crippen molar-refractivity contribution in [2.45, 2.75) is 173 Å². The summed E-state index contributed by atoms with van der Waals surface area (Å²) in [7, 11) is 0. The van der Waals surface area contributed by atoms with Crippen LogP contribution in [0, 0.1) is 0 Å². The fourth-order valence-corrected chi connectivity index (χ4v) is 5.19. The molecule has 0 aliphatic heterocycles. The van der Waals surface area contributed by atoms with E-state index in [1.54, 1.807) is 0 Å². The Hall–Kier alpha value is -0.870. The topological polar surface area (TPSA) is 58.6 Å². The molecule has 1 aliphatic rings. The monoisotopic (exact) mass is 507 g/mol. The van der Waals surface area contributed by atoms with Crippen molar-refractivity contribution in [3.8, 4) is 0 Å². The molecule has 0 heterocycles. The van der Waals surface area contributed by atoms with Gasteiger partial charge in [0.1, 0.15) is 0 Å². The number of esters is 1. The summed E-state index contributed by atoms with van der Waals surface area (Å²) in [5.74, 6) is -0.00784. The molecule has 4 heteroatoms. The number of carbonyl (C=O) groups is 1. The van der Waals surface area contributed by atoms with Crippen LogP contribution in [0.2, 0.25) is 0 Å². The Morgan fingerprint density at radius 2 is 1.36 bits per heavy atom. The predicted octanol–water partition coefficient (Wildman–Crippen LogP) is 8.80. The van der Waals surface area contributed by atoms with Crippen LogP contribution in [-0.2, 0) is 9.53 Å². The predicted molar refractivity (Wildman–Crippen MR) is 154 cm³/mol. The number of allylic oxidation sites excluding steroid dienone is 2. The standard InChI is InChI=1S/C32H61NO3/c1-2-3-4-5-6-7-8-9-10-11-12-13-14-17-20-26-32(35)36-28-22-19-16-15-18-21-27-33-30-24-23-25-31(34)29-30/h9-10,30-31,33-34H,2-8,11-29H2,1H3/b10-9-. The van der Waals surface area contributed by atoms with E-state index in [9.17, 15) is 9.90 Å². The van der Waals surface area contributed by atoms with Crippen LogP contribution in [0.5, 0.6) is 0 Å². The number of unbranched alkanes of at least 4 members (excludes halogenated alkanes) is 16. The number of ether oxygens (including phenoxy) is 1. The third kappa shape index (κ3) is 22.3. The average molecular weight is 508 g/mol. The molecule has 0 aromatic rings. The first-order chi connectivity index (χ1) is 17.7. The fraction of sp³-hybridized carbons (Fsp3) is 0.906. The van der Waals surface area contributed by atoms with Gasteiger partial charge in [0.15, 0.2) is 0 Å². The van der Waals surface area contributed by atoms with Gasteiger partial charge in [-0.05, 0) is 77.2 Å². The second kappa shape index (κ2) is 25.8. The van der Waals surface area contributed by atoms with Gasteiger partial charge in [0, 0.05) is 12.5 Å². The summed E-state index contributed by atoms with van der Waals surface area (Å²) in [5.41, 5.74) is 0. The molecule has 2 atom stereocenters. The van der Waals surface area contributed by atoms with Crippen molar-refractivity contribution in [2.24, 2.45) is 0 Å². The molecule has 2 unspecified atom stereocenters. The number of carbonyl (C=O) groups excluding carboxylic acids is 1. The van der Waals surface area contributed by atoms with E-state index in [1.165, 1.54) is 103 Å². The summed E-state index contributed by atoms with van der Waals surface area (Å²) >= 11 is 0. The Morgan fingerprint density at radius 3 is 2.03 bits per heavy atom. The maximum absolute atomic E-state index is 11.9. The Morgan fingerprint density at radius 1 is 0.778 bits per heavy atom.